The van der Waals surface area contributed by atoms with Gasteiger partial charge in [0.05, 0.1) is 11.9 Å². The third-order valence-electron chi connectivity index (χ3n) is 2.86. The van der Waals surface area contributed by atoms with Gasteiger partial charge in [0.2, 0.25) is 10.0 Å². The van der Waals surface area contributed by atoms with Crippen molar-refractivity contribution in [2.24, 2.45) is 0 Å². The molecule has 0 saturated carbocycles. The van der Waals surface area contributed by atoms with Crippen LogP contribution in [-0.2, 0) is 16.4 Å². The van der Waals surface area contributed by atoms with Crippen LogP contribution in [0.1, 0.15) is 44.7 Å². The molecule has 1 heterocycles. The number of nitrogens with one attached hydrogen (secondary N) is 2. The van der Waals surface area contributed by atoms with E-state index >= 15 is 0 Å². The summed E-state index contributed by atoms with van der Waals surface area (Å²) in [5.41, 5.74) is 6.38. The SMILES string of the molecule is CCCCCCS(=O)(=O)NCCCc1cnc(N)[nH]1. The van der Waals surface area contributed by atoms with Crippen LogP contribution in [0.15, 0.2) is 6.20 Å². The molecule has 0 aliphatic heterocycles. The number of nitrogens with zero attached hydrogens (tertiary/aromatic N) is 1. The van der Waals surface area contributed by atoms with Crippen molar-refractivity contribution < 1.29 is 8.42 Å². The van der Waals surface area contributed by atoms with Crippen molar-refractivity contribution in [3.05, 3.63) is 11.9 Å². The van der Waals surface area contributed by atoms with Gasteiger partial charge in [-0.2, -0.15) is 0 Å². The van der Waals surface area contributed by atoms with Crippen LogP contribution in [0.4, 0.5) is 5.95 Å². The van der Waals surface area contributed by atoms with Crippen molar-refractivity contribution >= 4 is 16.0 Å². The molecule has 0 bridgehead atoms. The fourth-order valence-corrected chi connectivity index (χ4v) is 2.98. The van der Waals surface area contributed by atoms with Crippen LogP contribution < -0.4 is 10.5 Å². The minimum atomic E-state index is -3.11. The van der Waals surface area contributed by atoms with Gasteiger partial charge in [-0.1, -0.05) is 26.2 Å². The lowest BCUT2D eigenvalue weighted by Gasteiger charge is -2.06. The number of imidazole rings is 1. The standard InChI is InChI=1S/C12H24N4O2S/c1-2-3-4-5-9-19(17,18)15-8-6-7-11-10-14-12(13)16-11/h10,15H,2-9H2,1H3,(H3,13,14,16). The first-order chi connectivity index (χ1) is 9.03. The number of unbranched alkanes of at least 4 members (excludes halogenated alkanes) is 3. The Balaban J connectivity index is 2.13. The van der Waals surface area contributed by atoms with Gasteiger partial charge in [0.25, 0.3) is 0 Å². The first-order valence-corrected chi connectivity index (χ1v) is 8.45. The number of nitrogens with two attached hydrogens (primary N) is 1. The summed E-state index contributed by atoms with van der Waals surface area (Å²) in [5.74, 6) is 0.621. The zero-order chi connectivity index (χ0) is 14.1. The maximum atomic E-state index is 11.7. The minimum absolute atomic E-state index is 0.226. The van der Waals surface area contributed by atoms with E-state index in [1.54, 1.807) is 6.20 Å². The average molecular weight is 288 g/mol. The Hall–Kier alpha value is -1.08. The molecule has 0 fully saturated rings. The highest BCUT2D eigenvalue weighted by atomic mass is 32.2. The van der Waals surface area contributed by atoms with Crippen molar-refractivity contribution in [3.63, 3.8) is 0 Å². The molecule has 0 aromatic carbocycles. The zero-order valence-corrected chi connectivity index (χ0v) is 12.3. The Morgan fingerprint density at radius 2 is 2.11 bits per heavy atom. The third-order valence-corrected chi connectivity index (χ3v) is 4.33. The van der Waals surface area contributed by atoms with Crippen LogP contribution >= 0.6 is 0 Å². The van der Waals surface area contributed by atoms with E-state index in [-0.39, 0.29) is 5.75 Å². The summed E-state index contributed by atoms with van der Waals surface area (Å²) in [6.07, 6.45) is 7.07. The van der Waals surface area contributed by atoms with Crippen molar-refractivity contribution in [1.29, 1.82) is 0 Å². The average Bonchev–Trinajstić information content (AvgIpc) is 2.76. The lowest BCUT2D eigenvalue weighted by Crippen LogP contribution is -2.27. The molecule has 0 atom stereocenters. The van der Waals surface area contributed by atoms with E-state index in [1.165, 1.54) is 0 Å². The molecule has 4 N–H and O–H groups in total. The number of sulfonamides is 1. The van der Waals surface area contributed by atoms with Crippen LogP contribution in [0.3, 0.4) is 0 Å². The predicted octanol–water partition coefficient (Wildman–Crippen LogP) is 1.42. The summed E-state index contributed by atoms with van der Waals surface area (Å²) in [7, 11) is -3.11. The molecule has 6 nitrogen and oxygen atoms in total. The van der Waals surface area contributed by atoms with Gasteiger partial charge >= 0.3 is 0 Å². The number of anilines is 1. The monoisotopic (exact) mass is 288 g/mol. The first-order valence-electron chi connectivity index (χ1n) is 6.80. The normalized spacial score (nSPS) is 11.8. The molecule has 7 heteroatoms. The molecule has 0 unspecified atom stereocenters. The Morgan fingerprint density at radius 1 is 1.32 bits per heavy atom. The first kappa shape index (κ1) is 16.0. The zero-order valence-electron chi connectivity index (χ0n) is 11.5. The lowest BCUT2D eigenvalue weighted by atomic mass is 10.2. The summed E-state index contributed by atoms with van der Waals surface area (Å²) >= 11 is 0. The maximum Gasteiger partial charge on any atom is 0.211 e. The number of H-pyrrole nitrogens is 1. The van der Waals surface area contributed by atoms with E-state index in [1.807, 2.05) is 0 Å². The number of hydrogen-bond donors (Lipinski definition) is 3. The van der Waals surface area contributed by atoms with Crippen LogP contribution in [0, 0.1) is 0 Å². The topological polar surface area (TPSA) is 101 Å². The molecule has 0 aliphatic carbocycles. The molecule has 1 rings (SSSR count). The summed E-state index contributed by atoms with van der Waals surface area (Å²) in [5, 5.41) is 0. The van der Waals surface area contributed by atoms with E-state index in [0.717, 1.165) is 44.2 Å². The molecular formula is C12H24N4O2S. The second-order valence-corrected chi connectivity index (χ2v) is 6.60. The van der Waals surface area contributed by atoms with Crippen molar-refractivity contribution in [2.75, 3.05) is 18.0 Å². The van der Waals surface area contributed by atoms with Crippen molar-refractivity contribution in [2.45, 2.75) is 45.4 Å². The van der Waals surface area contributed by atoms with Gasteiger partial charge in [0.15, 0.2) is 5.95 Å². The van der Waals surface area contributed by atoms with Crippen LogP contribution in [0.2, 0.25) is 0 Å². The van der Waals surface area contributed by atoms with E-state index in [4.69, 9.17) is 5.73 Å². The number of aromatic nitrogens is 2. The molecule has 110 valence electrons. The van der Waals surface area contributed by atoms with Crippen molar-refractivity contribution in [1.82, 2.24) is 14.7 Å². The molecule has 19 heavy (non-hydrogen) atoms. The molecule has 0 spiro atoms. The highest BCUT2D eigenvalue weighted by Gasteiger charge is 2.08. The van der Waals surface area contributed by atoms with Crippen LogP contribution in [-0.4, -0.2) is 30.7 Å². The van der Waals surface area contributed by atoms with Crippen LogP contribution in [0.25, 0.3) is 0 Å². The van der Waals surface area contributed by atoms with Gasteiger partial charge in [-0.3, -0.25) is 0 Å². The van der Waals surface area contributed by atoms with Gasteiger partial charge in [-0.15, -0.1) is 0 Å². The Bertz CT molecular complexity index is 456. The van der Waals surface area contributed by atoms with Gasteiger partial charge in [0, 0.05) is 12.2 Å². The summed E-state index contributed by atoms with van der Waals surface area (Å²) < 4.78 is 25.9. The molecule has 0 aliphatic rings. The number of aromatic amines is 1. The van der Waals surface area contributed by atoms with Crippen LogP contribution in [0.5, 0.6) is 0 Å². The molecule has 1 aromatic rings. The smallest absolute Gasteiger partial charge is 0.211 e. The molecule has 0 saturated heterocycles. The Morgan fingerprint density at radius 3 is 2.74 bits per heavy atom. The summed E-state index contributed by atoms with van der Waals surface area (Å²) in [4.78, 5) is 6.80. The fraction of sp³-hybridized carbons (Fsp3) is 0.750. The Kier molecular flexibility index (Phi) is 6.86. The number of rotatable bonds is 10. The van der Waals surface area contributed by atoms with Gasteiger partial charge in [-0.05, 0) is 19.3 Å². The summed E-state index contributed by atoms with van der Waals surface area (Å²) in [6, 6.07) is 0. The quantitative estimate of drug-likeness (QED) is 0.567. The molecule has 0 amide bonds. The maximum absolute atomic E-state index is 11.7. The summed E-state index contributed by atoms with van der Waals surface area (Å²) in [6.45, 7) is 2.56. The van der Waals surface area contributed by atoms with E-state index < -0.39 is 10.0 Å². The minimum Gasteiger partial charge on any atom is -0.369 e. The third kappa shape index (κ3) is 7.17. The predicted molar refractivity (Wildman–Crippen MR) is 77.3 cm³/mol. The number of hydrogen-bond acceptors (Lipinski definition) is 4. The molecule has 0 radical (unpaired) electrons. The second-order valence-electron chi connectivity index (χ2n) is 4.67. The van der Waals surface area contributed by atoms with Crippen molar-refractivity contribution in [3.8, 4) is 0 Å². The number of aryl methyl sites for hydroxylation is 1. The van der Waals surface area contributed by atoms with Gasteiger partial charge in [0.1, 0.15) is 0 Å². The fourth-order valence-electron chi connectivity index (χ4n) is 1.80. The number of nitrogen functional groups attached to an aromatic ring is 1. The largest absolute Gasteiger partial charge is 0.369 e. The molecule has 1 aromatic heterocycles. The second kappa shape index (κ2) is 8.16. The Labute approximate surface area is 115 Å². The van der Waals surface area contributed by atoms with Gasteiger partial charge < -0.3 is 10.7 Å². The van der Waals surface area contributed by atoms with E-state index in [0.29, 0.717) is 12.5 Å². The highest BCUT2D eigenvalue weighted by Crippen LogP contribution is 2.03. The lowest BCUT2D eigenvalue weighted by molar-refractivity contribution is 0.572. The molecular weight excluding hydrogens is 264 g/mol. The van der Waals surface area contributed by atoms with Gasteiger partial charge in [-0.25, -0.2) is 18.1 Å². The van der Waals surface area contributed by atoms with E-state index in [2.05, 4.69) is 21.6 Å². The van der Waals surface area contributed by atoms with E-state index in [9.17, 15) is 8.42 Å². The highest BCUT2D eigenvalue weighted by molar-refractivity contribution is 7.89.